The lowest BCUT2D eigenvalue weighted by molar-refractivity contribution is -0.116. The summed E-state index contributed by atoms with van der Waals surface area (Å²) in [6, 6.07) is 5.45. The molecule has 0 atom stereocenters. The number of aryl methyl sites for hydroxylation is 2. The number of aromatic nitrogens is 2. The Morgan fingerprint density at radius 2 is 2.10 bits per heavy atom. The van der Waals surface area contributed by atoms with Gasteiger partial charge in [0, 0.05) is 5.69 Å². The molecule has 112 valence electrons. The molecule has 0 aliphatic heterocycles. The molecule has 0 unspecified atom stereocenters. The van der Waals surface area contributed by atoms with Crippen molar-refractivity contribution in [1.29, 1.82) is 0 Å². The smallest absolute Gasteiger partial charge is 0.246 e. The van der Waals surface area contributed by atoms with Gasteiger partial charge in [0.25, 0.3) is 0 Å². The second-order valence-corrected chi connectivity index (χ2v) is 5.38. The van der Waals surface area contributed by atoms with Crippen molar-refractivity contribution in [3.63, 3.8) is 0 Å². The minimum atomic E-state index is -0.185. The first kappa shape index (κ1) is 15.5. The number of amides is 1. The summed E-state index contributed by atoms with van der Waals surface area (Å²) in [6.45, 7) is 5.57. The minimum Gasteiger partial charge on any atom is -0.392 e. The molecule has 0 spiro atoms. The molecule has 0 aliphatic rings. The van der Waals surface area contributed by atoms with Crippen LogP contribution in [0.15, 0.2) is 18.2 Å². The molecule has 21 heavy (non-hydrogen) atoms. The van der Waals surface area contributed by atoms with Gasteiger partial charge in [-0.05, 0) is 38.0 Å². The zero-order valence-electron chi connectivity index (χ0n) is 12.3. The van der Waals surface area contributed by atoms with E-state index in [9.17, 15) is 4.79 Å². The van der Waals surface area contributed by atoms with Gasteiger partial charge in [0.05, 0.1) is 23.0 Å². The highest BCUT2D eigenvalue weighted by atomic mass is 35.5. The van der Waals surface area contributed by atoms with E-state index < -0.39 is 0 Å². The minimum absolute atomic E-state index is 0.0593. The van der Waals surface area contributed by atoms with Crippen LogP contribution in [0.5, 0.6) is 0 Å². The Hall–Kier alpha value is -1.85. The molecule has 1 amide bonds. The molecule has 6 heteroatoms. The maximum atomic E-state index is 12.1. The number of hydrogen-bond donors (Lipinski definition) is 2. The van der Waals surface area contributed by atoms with Crippen molar-refractivity contribution in [3.05, 3.63) is 45.7 Å². The van der Waals surface area contributed by atoms with E-state index in [4.69, 9.17) is 16.7 Å². The molecule has 1 aromatic heterocycles. The SMILES string of the molecule is Cc1ccc(CO)cc1NC(=O)Cn1nc(C)c(Cl)c1C. The highest BCUT2D eigenvalue weighted by Gasteiger charge is 2.13. The van der Waals surface area contributed by atoms with Crippen molar-refractivity contribution in [2.75, 3.05) is 5.32 Å². The standard InChI is InChI=1S/C15H18ClN3O2/c1-9-4-5-12(8-20)6-13(9)17-14(21)7-19-11(3)15(16)10(2)18-19/h4-6,20H,7-8H2,1-3H3,(H,17,21). The van der Waals surface area contributed by atoms with Gasteiger partial charge in [-0.3, -0.25) is 9.48 Å². The first-order chi connectivity index (χ1) is 9.92. The quantitative estimate of drug-likeness (QED) is 0.912. The number of halogens is 1. The van der Waals surface area contributed by atoms with E-state index in [0.29, 0.717) is 16.4 Å². The number of carbonyl (C=O) groups excluding carboxylic acids is 1. The summed E-state index contributed by atoms with van der Waals surface area (Å²) < 4.78 is 1.58. The predicted octanol–water partition coefficient (Wildman–Crippen LogP) is 2.59. The topological polar surface area (TPSA) is 67.2 Å². The van der Waals surface area contributed by atoms with E-state index in [1.165, 1.54) is 0 Å². The lowest BCUT2D eigenvalue weighted by Crippen LogP contribution is -2.21. The van der Waals surface area contributed by atoms with Crippen molar-refractivity contribution in [2.45, 2.75) is 33.9 Å². The van der Waals surface area contributed by atoms with Crippen molar-refractivity contribution in [1.82, 2.24) is 9.78 Å². The maximum Gasteiger partial charge on any atom is 0.246 e. The van der Waals surface area contributed by atoms with Gasteiger partial charge < -0.3 is 10.4 Å². The monoisotopic (exact) mass is 307 g/mol. The third-order valence-electron chi connectivity index (χ3n) is 3.35. The summed E-state index contributed by atoms with van der Waals surface area (Å²) >= 11 is 6.06. The van der Waals surface area contributed by atoms with Crippen LogP contribution in [0, 0.1) is 20.8 Å². The van der Waals surface area contributed by atoms with Crippen LogP contribution in [0.3, 0.4) is 0 Å². The molecule has 2 rings (SSSR count). The van der Waals surface area contributed by atoms with E-state index in [0.717, 1.165) is 16.8 Å². The number of rotatable bonds is 4. The zero-order valence-corrected chi connectivity index (χ0v) is 13.0. The van der Waals surface area contributed by atoms with Crippen LogP contribution in [0.1, 0.15) is 22.5 Å². The number of nitrogens with one attached hydrogen (secondary N) is 1. The summed E-state index contributed by atoms with van der Waals surface area (Å²) in [5.41, 5.74) is 3.86. The normalized spacial score (nSPS) is 10.7. The Morgan fingerprint density at radius 1 is 1.38 bits per heavy atom. The third-order valence-corrected chi connectivity index (χ3v) is 3.89. The van der Waals surface area contributed by atoms with E-state index >= 15 is 0 Å². The van der Waals surface area contributed by atoms with E-state index in [2.05, 4.69) is 10.4 Å². The third kappa shape index (κ3) is 3.43. The largest absolute Gasteiger partial charge is 0.392 e. The molecule has 0 radical (unpaired) electrons. The highest BCUT2D eigenvalue weighted by Crippen LogP contribution is 2.20. The second kappa shape index (κ2) is 6.28. The van der Waals surface area contributed by atoms with Crippen LogP contribution < -0.4 is 5.32 Å². The Balaban J connectivity index is 2.13. The Labute approximate surface area is 128 Å². The molecule has 0 fully saturated rings. The van der Waals surface area contributed by atoms with Gasteiger partial charge in [-0.25, -0.2) is 0 Å². The number of aliphatic hydroxyl groups excluding tert-OH is 1. The van der Waals surface area contributed by atoms with Crippen LogP contribution in [-0.4, -0.2) is 20.8 Å². The van der Waals surface area contributed by atoms with Crippen molar-refractivity contribution in [3.8, 4) is 0 Å². The number of hydrogen-bond acceptors (Lipinski definition) is 3. The second-order valence-electron chi connectivity index (χ2n) is 5.00. The van der Waals surface area contributed by atoms with Gasteiger partial charge in [0.15, 0.2) is 0 Å². The molecule has 2 N–H and O–H groups in total. The lowest BCUT2D eigenvalue weighted by atomic mass is 10.1. The fraction of sp³-hybridized carbons (Fsp3) is 0.333. The number of benzene rings is 1. The number of carbonyl (C=O) groups is 1. The molecular formula is C15H18ClN3O2. The van der Waals surface area contributed by atoms with Gasteiger partial charge in [0.1, 0.15) is 6.54 Å². The molecule has 0 saturated carbocycles. The molecule has 1 aromatic carbocycles. The number of aliphatic hydroxyl groups is 1. The molecule has 0 saturated heterocycles. The Morgan fingerprint density at radius 3 is 2.67 bits per heavy atom. The first-order valence-corrected chi connectivity index (χ1v) is 7.00. The van der Waals surface area contributed by atoms with E-state index in [1.54, 1.807) is 17.7 Å². The number of nitrogens with zero attached hydrogens (tertiary/aromatic N) is 2. The van der Waals surface area contributed by atoms with Crippen LogP contribution in [0.4, 0.5) is 5.69 Å². The van der Waals surface area contributed by atoms with Crippen molar-refractivity contribution >= 4 is 23.2 Å². The molecule has 2 aromatic rings. The average Bonchev–Trinajstić information content (AvgIpc) is 2.68. The summed E-state index contributed by atoms with van der Waals surface area (Å²) in [6.07, 6.45) is 0. The maximum absolute atomic E-state index is 12.1. The van der Waals surface area contributed by atoms with Gasteiger partial charge in [0.2, 0.25) is 5.91 Å². The van der Waals surface area contributed by atoms with Crippen LogP contribution in [0.2, 0.25) is 5.02 Å². The zero-order chi connectivity index (χ0) is 15.6. The molecule has 1 heterocycles. The van der Waals surface area contributed by atoms with Crippen LogP contribution >= 0.6 is 11.6 Å². The van der Waals surface area contributed by atoms with Gasteiger partial charge in [-0.2, -0.15) is 5.10 Å². The molecular weight excluding hydrogens is 290 g/mol. The highest BCUT2D eigenvalue weighted by molar-refractivity contribution is 6.31. The number of anilines is 1. The summed E-state index contributed by atoms with van der Waals surface area (Å²) in [5.74, 6) is -0.185. The van der Waals surface area contributed by atoms with Gasteiger partial charge in [-0.15, -0.1) is 0 Å². The fourth-order valence-corrected chi connectivity index (χ4v) is 2.19. The van der Waals surface area contributed by atoms with E-state index in [1.807, 2.05) is 26.0 Å². The van der Waals surface area contributed by atoms with Crippen molar-refractivity contribution in [2.24, 2.45) is 0 Å². The first-order valence-electron chi connectivity index (χ1n) is 6.62. The van der Waals surface area contributed by atoms with Crippen molar-refractivity contribution < 1.29 is 9.90 Å². The molecule has 0 bridgehead atoms. The predicted molar refractivity (Wildman–Crippen MR) is 82.4 cm³/mol. The van der Waals surface area contributed by atoms with Gasteiger partial charge in [-0.1, -0.05) is 23.7 Å². The van der Waals surface area contributed by atoms with Gasteiger partial charge >= 0.3 is 0 Å². The van der Waals surface area contributed by atoms with Crippen LogP contribution in [-0.2, 0) is 17.9 Å². The lowest BCUT2D eigenvalue weighted by Gasteiger charge is -2.10. The Kier molecular flexibility index (Phi) is 4.65. The van der Waals surface area contributed by atoms with E-state index in [-0.39, 0.29) is 19.1 Å². The summed E-state index contributed by atoms with van der Waals surface area (Å²) in [4.78, 5) is 12.1. The van der Waals surface area contributed by atoms with Crippen LogP contribution in [0.25, 0.3) is 0 Å². The molecule has 5 nitrogen and oxygen atoms in total. The molecule has 0 aliphatic carbocycles. The fourth-order valence-electron chi connectivity index (χ4n) is 2.06. The summed E-state index contributed by atoms with van der Waals surface area (Å²) in [7, 11) is 0. The average molecular weight is 308 g/mol. The summed E-state index contributed by atoms with van der Waals surface area (Å²) in [5, 5.41) is 16.8. The Bertz CT molecular complexity index is 680.